The summed E-state index contributed by atoms with van der Waals surface area (Å²) in [7, 11) is 0. The van der Waals surface area contributed by atoms with E-state index >= 15 is 0 Å². The molecule has 3 N–H and O–H groups in total. The number of oxime groups is 1. The predicted molar refractivity (Wildman–Crippen MR) is 81.4 cm³/mol. The molecule has 0 radical (unpaired) electrons. The quantitative estimate of drug-likeness (QED) is 0.224. The van der Waals surface area contributed by atoms with Crippen molar-refractivity contribution in [2.75, 3.05) is 39.4 Å². The molecule has 122 valence electrons. The molecule has 0 aliphatic carbocycles. The smallest absolute Gasteiger partial charge is 0.224 e. The van der Waals surface area contributed by atoms with Crippen LogP contribution in [0.4, 0.5) is 0 Å². The molecular formula is C14H28N4O3. The topological polar surface area (TPSA) is 91.4 Å². The van der Waals surface area contributed by atoms with Gasteiger partial charge in [0.15, 0.2) is 5.84 Å². The summed E-state index contributed by atoms with van der Waals surface area (Å²) in [5, 5.41) is 11.9. The van der Waals surface area contributed by atoms with Crippen LogP contribution in [0.1, 0.15) is 33.1 Å². The molecule has 1 amide bonds. The van der Waals surface area contributed by atoms with Gasteiger partial charge in [-0.05, 0) is 12.8 Å². The first-order valence-electron chi connectivity index (χ1n) is 7.71. The van der Waals surface area contributed by atoms with Crippen molar-refractivity contribution in [3.05, 3.63) is 0 Å². The molecule has 1 saturated heterocycles. The molecule has 0 spiro atoms. The van der Waals surface area contributed by atoms with Crippen LogP contribution in [0.25, 0.3) is 0 Å². The maximum Gasteiger partial charge on any atom is 0.224 e. The molecule has 0 saturated carbocycles. The van der Waals surface area contributed by atoms with E-state index in [1.54, 1.807) is 0 Å². The number of hydrogen-bond acceptors (Lipinski definition) is 5. The van der Waals surface area contributed by atoms with Crippen molar-refractivity contribution in [3.63, 3.8) is 0 Å². The van der Waals surface area contributed by atoms with Crippen LogP contribution in [-0.4, -0.2) is 72.2 Å². The highest BCUT2D eigenvalue weighted by atomic mass is 16.5. The minimum absolute atomic E-state index is 0.0554. The minimum Gasteiger partial charge on any atom is -0.409 e. The Morgan fingerprint density at radius 2 is 1.95 bits per heavy atom. The van der Waals surface area contributed by atoms with E-state index in [4.69, 9.17) is 15.7 Å². The van der Waals surface area contributed by atoms with Crippen LogP contribution in [0.2, 0.25) is 0 Å². The van der Waals surface area contributed by atoms with Gasteiger partial charge in [-0.15, -0.1) is 0 Å². The molecular weight excluding hydrogens is 272 g/mol. The third kappa shape index (κ3) is 5.51. The molecule has 1 atom stereocenters. The molecule has 7 heteroatoms. The molecule has 0 bridgehead atoms. The Labute approximate surface area is 126 Å². The number of rotatable bonds is 8. The Kier molecular flexibility index (Phi) is 8.07. The standard InChI is InChI=1S/C14H28N4O3/c1-3-10-21-11-5-13(19)18-8-6-17(7-9-18)12(4-2)14(15)16-20/h12,20H,3-11H2,1-2H3,(H2,15,16). The molecule has 1 heterocycles. The van der Waals surface area contributed by atoms with Crippen molar-refractivity contribution in [2.45, 2.75) is 39.2 Å². The predicted octanol–water partition coefficient (Wildman–Crippen LogP) is 0.472. The van der Waals surface area contributed by atoms with Crippen molar-refractivity contribution >= 4 is 11.7 Å². The van der Waals surface area contributed by atoms with Gasteiger partial charge in [-0.3, -0.25) is 9.69 Å². The number of amides is 1. The lowest BCUT2D eigenvalue weighted by Crippen LogP contribution is -2.55. The average molecular weight is 300 g/mol. The second-order valence-electron chi connectivity index (χ2n) is 5.23. The van der Waals surface area contributed by atoms with Crippen LogP contribution < -0.4 is 5.73 Å². The zero-order valence-electron chi connectivity index (χ0n) is 13.1. The van der Waals surface area contributed by atoms with Gasteiger partial charge in [0.1, 0.15) is 0 Å². The molecule has 7 nitrogen and oxygen atoms in total. The maximum atomic E-state index is 12.0. The normalized spacial score (nSPS) is 18.8. The highest BCUT2D eigenvalue weighted by Gasteiger charge is 2.27. The lowest BCUT2D eigenvalue weighted by atomic mass is 10.1. The molecule has 1 aliphatic heterocycles. The van der Waals surface area contributed by atoms with Gasteiger partial charge < -0.3 is 20.6 Å². The molecule has 1 fully saturated rings. The maximum absolute atomic E-state index is 12.0. The van der Waals surface area contributed by atoms with Crippen molar-refractivity contribution < 1.29 is 14.7 Å². The van der Waals surface area contributed by atoms with Gasteiger partial charge in [-0.25, -0.2) is 0 Å². The Hall–Kier alpha value is -1.34. The van der Waals surface area contributed by atoms with Gasteiger partial charge in [-0.1, -0.05) is 19.0 Å². The number of nitrogens with zero attached hydrogens (tertiary/aromatic N) is 3. The Balaban J connectivity index is 2.35. The van der Waals surface area contributed by atoms with E-state index < -0.39 is 0 Å². The second-order valence-corrected chi connectivity index (χ2v) is 5.23. The molecule has 1 unspecified atom stereocenters. The van der Waals surface area contributed by atoms with Crippen molar-refractivity contribution in [3.8, 4) is 0 Å². The Bertz CT molecular complexity index is 341. The number of piperazine rings is 1. The van der Waals surface area contributed by atoms with E-state index in [1.165, 1.54) is 0 Å². The summed E-state index contributed by atoms with van der Waals surface area (Å²) in [6.45, 7) is 8.11. The van der Waals surface area contributed by atoms with Gasteiger partial charge >= 0.3 is 0 Å². The number of carbonyl (C=O) groups excluding carboxylic acids is 1. The first kappa shape index (κ1) is 17.7. The van der Waals surface area contributed by atoms with E-state index in [0.29, 0.717) is 32.7 Å². The van der Waals surface area contributed by atoms with Crippen LogP contribution in [0.3, 0.4) is 0 Å². The summed E-state index contributed by atoms with van der Waals surface area (Å²) in [4.78, 5) is 16.1. The fourth-order valence-electron chi connectivity index (χ4n) is 2.57. The Morgan fingerprint density at radius 3 is 2.48 bits per heavy atom. The van der Waals surface area contributed by atoms with Crippen molar-refractivity contribution in [2.24, 2.45) is 10.9 Å². The fourth-order valence-corrected chi connectivity index (χ4v) is 2.57. The monoisotopic (exact) mass is 300 g/mol. The van der Waals surface area contributed by atoms with Gasteiger partial charge in [-0.2, -0.15) is 0 Å². The number of amidine groups is 1. The minimum atomic E-state index is -0.0554. The highest BCUT2D eigenvalue weighted by molar-refractivity contribution is 5.85. The van der Waals surface area contributed by atoms with Crippen LogP contribution in [0.5, 0.6) is 0 Å². The Morgan fingerprint density at radius 1 is 1.29 bits per heavy atom. The zero-order chi connectivity index (χ0) is 15.7. The lowest BCUT2D eigenvalue weighted by molar-refractivity contribution is -0.134. The van der Waals surface area contributed by atoms with Gasteiger partial charge in [0.05, 0.1) is 19.1 Å². The van der Waals surface area contributed by atoms with E-state index in [0.717, 1.165) is 25.9 Å². The van der Waals surface area contributed by atoms with Gasteiger partial charge in [0.2, 0.25) is 5.91 Å². The van der Waals surface area contributed by atoms with E-state index in [-0.39, 0.29) is 17.8 Å². The number of nitrogens with two attached hydrogens (primary N) is 1. The average Bonchev–Trinajstić information content (AvgIpc) is 2.52. The van der Waals surface area contributed by atoms with Crippen molar-refractivity contribution in [1.82, 2.24) is 9.80 Å². The van der Waals surface area contributed by atoms with Crippen LogP contribution >= 0.6 is 0 Å². The van der Waals surface area contributed by atoms with Gasteiger partial charge in [0, 0.05) is 32.8 Å². The van der Waals surface area contributed by atoms with Crippen molar-refractivity contribution in [1.29, 1.82) is 0 Å². The van der Waals surface area contributed by atoms with Crippen LogP contribution in [-0.2, 0) is 9.53 Å². The largest absolute Gasteiger partial charge is 0.409 e. The number of carbonyl (C=O) groups is 1. The van der Waals surface area contributed by atoms with Gasteiger partial charge in [0.25, 0.3) is 0 Å². The van der Waals surface area contributed by atoms with E-state index in [9.17, 15) is 4.79 Å². The van der Waals surface area contributed by atoms with E-state index in [1.807, 2.05) is 18.7 Å². The summed E-state index contributed by atoms with van der Waals surface area (Å²) in [5.41, 5.74) is 5.71. The van der Waals surface area contributed by atoms with E-state index in [2.05, 4.69) is 10.1 Å². The molecule has 0 aromatic carbocycles. The first-order valence-corrected chi connectivity index (χ1v) is 7.71. The SMILES string of the molecule is CCCOCCC(=O)N1CCN(C(CC)C(N)=NO)CC1. The highest BCUT2D eigenvalue weighted by Crippen LogP contribution is 2.10. The fraction of sp³-hybridized carbons (Fsp3) is 0.857. The summed E-state index contributed by atoms with van der Waals surface area (Å²) >= 11 is 0. The van der Waals surface area contributed by atoms with Crippen LogP contribution in [0.15, 0.2) is 5.16 Å². The molecule has 1 rings (SSSR count). The second kappa shape index (κ2) is 9.57. The lowest BCUT2D eigenvalue weighted by Gasteiger charge is -2.38. The summed E-state index contributed by atoms with van der Waals surface area (Å²) in [6, 6.07) is -0.0554. The number of ether oxygens (including phenoxy) is 1. The molecule has 0 aromatic rings. The molecule has 1 aliphatic rings. The van der Waals surface area contributed by atoms with Crippen LogP contribution in [0, 0.1) is 0 Å². The summed E-state index contributed by atoms with van der Waals surface area (Å²) in [5.74, 6) is 0.382. The first-order chi connectivity index (χ1) is 10.1. The summed E-state index contributed by atoms with van der Waals surface area (Å²) < 4.78 is 5.35. The molecule has 21 heavy (non-hydrogen) atoms. The summed E-state index contributed by atoms with van der Waals surface area (Å²) in [6.07, 6.45) is 2.20. The zero-order valence-corrected chi connectivity index (χ0v) is 13.1. The number of hydrogen-bond donors (Lipinski definition) is 2. The third-order valence-electron chi connectivity index (χ3n) is 3.76. The third-order valence-corrected chi connectivity index (χ3v) is 3.76. The molecule has 0 aromatic heterocycles.